The molecule has 0 saturated carbocycles. The molecule has 0 bridgehead atoms. The third kappa shape index (κ3) is 299. The second-order valence-corrected chi connectivity index (χ2v) is 24.9. The van der Waals surface area contributed by atoms with Crippen LogP contribution < -0.4 is 10.0 Å². The second kappa shape index (κ2) is 80.5. The molecule has 0 aromatic carbocycles. The van der Waals surface area contributed by atoms with Gasteiger partial charge in [-0.3, -0.25) is 19.4 Å². The average molecular weight is 1240 g/mol. The molecule has 0 saturated heterocycles. The number of ketones is 6. The van der Waals surface area contributed by atoms with Crippen LogP contribution in [-0.4, -0.2) is 143 Å². The highest BCUT2D eigenvalue weighted by atomic mass is 32.2. The van der Waals surface area contributed by atoms with Gasteiger partial charge >= 0.3 is 0 Å². The Balaban J connectivity index is -0.0000000578. The lowest BCUT2D eigenvalue weighted by Crippen LogP contribution is -2.27. The van der Waals surface area contributed by atoms with Gasteiger partial charge in [-0.25, -0.2) is 21.6 Å². The first-order valence-electron chi connectivity index (χ1n) is 26.8. The van der Waals surface area contributed by atoms with Crippen LogP contribution in [0, 0.1) is 5.41 Å². The highest BCUT2D eigenvalue weighted by Gasteiger charge is 2.15. The van der Waals surface area contributed by atoms with Crippen molar-refractivity contribution in [3.05, 3.63) is 59.8 Å². The predicted octanol–water partition coefficient (Wildman–Crippen LogP) is 11.7. The number of hydrogen-bond acceptors (Lipinski definition) is 18. The lowest BCUT2D eigenvalue weighted by molar-refractivity contribution is -0.119. The highest BCUT2D eigenvalue weighted by Crippen LogP contribution is 2.14. The molecule has 2 aromatic rings. The van der Waals surface area contributed by atoms with Crippen molar-refractivity contribution in [3.63, 3.8) is 0 Å². The molecule has 2 aromatic heterocycles. The lowest BCUT2D eigenvalue weighted by atomic mass is 10.0. The highest BCUT2D eigenvalue weighted by molar-refractivity contribution is 7.92. The normalized spacial score (nSPS) is 9.07. The number of nitrogens with one attached hydrogen (secondary N) is 2. The zero-order valence-electron chi connectivity index (χ0n) is 57.1. The molecule has 490 valence electrons. The number of amides is 2. The quantitative estimate of drug-likeness (QED) is 0.161. The van der Waals surface area contributed by atoms with Crippen LogP contribution in [0.15, 0.2) is 58.4 Å². The molecule has 22 heteroatoms. The fourth-order valence-electron chi connectivity index (χ4n) is 1.97. The van der Waals surface area contributed by atoms with Crippen LogP contribution in [0.2, 0.25) is 0 Å². The summed E-state index contributed by atoms with van der Waals surface area (Å²) in [5.41, 5.74) is 1.57. The Bertz CT molecular complexity index is 1920. The molecule has 0 atom stereocenters. The van der Waals surface area contributed by atoms with E-state index in [4.69, 9.17) is 10.2 Å². The maximum absolute atomic E-state index is 11.2. The fourth-order valence-corrected chi connectivity index (χ4v) is 3.95. The number of aliphatic hydroxyl groups excluding tert-OH is 2. The first-order chi connectivity index (χ1) is 36.9. The fraction of sp³-hybridized carbons (Fsp3) is 0.683. The number of rotatable bonds is 10. The summed E-state index contributed by atoms with van der Waals surface area (Å²) in [6, 6.07) is 6.79. The maximum Gasteiger partial charge on any atom is 0.273 e. The molecule has 4 N–H and O–H groups in total. The van der Waals surface area contributed by atoms with Gasteiger partial charge < -0.3 is 49.1 Å². The number of hydrogen-bond donors (Lipinski definition) is 4. The molecule has 2 rings (SSSR count). The minimum absolute atomic E-state index is 0.0122. The van der Waals surface area contributed by atoms with Gasteiger partial charge in [0.05, 0.1) is 0 Å². The van der Waals surface area contributed by atoms with E-state index in [1.54, 1.807) is 78.6 Å². The Hall–Kier alpha value is -4.71. The third-order valence-electron chi connectivity index (χ3n) is 4.75. The number of nitrogens with zero attached hydrogens (tertiary/aromatic N) is 2. The van der Waals surface area contributed by atoms with Crippen LogP contribution in [0.25, 0.3) is 0 Å². The molecule has 2 heterocycles. The summed E-state index contributed by atoms with van der Waals surface area (Å²) in [4.78, 5) is 85.1. The van der Waals surface area contributed by atoms with Crippen molar-refractivity contribution >= 4 is 77.7 Å². The number of aliphatic hydroxyl groups is 2. The Morgan fingerprint density at radius 3 is 1.11 bits per heavy atom. The van der Waals surface area contributed by atoms with Gasteiger partial charge in [0.2, 0.25) is 11.8 Å². The third-order valence-corrected chi connectivity index (χ3v) is 7.58. The largest absolute Gasteiger partial charge is 0.394 e. The van der Waals surface area contributed by atoms with Gasteiger partial charge in [0.15, 0.2) is 5.78 Å². The zero-order chi connectivity index (χ0) is 68.9. The van der Waals surface area contributed by atoms with Crippen molar-refractivity contribution < 1.29 is 70.1 Å². The number of Topliss-reactive ketones (excluding diaryl/α,β-unsaturated/α-hetero) is 5. The van der Waals surface area contributed by atoms with E-state index in [1.165, 1.54) is 74.0 Å². The van der Waals surface area contributed by atoms with Crippen LogP contribution in [0.3, 0.4) is 0 Å². The summed E-state index contributed by atoms with van der Waals surface area (Å²) < 4.78 is 48.2. The van der Waals surface area contributed by atoms with Gasteiger partial charge in [0.1, 0.15) is 43.0 Å². The standard InChI is InChI=1S/C8H10N2O.C6H7NO3S2.C5H10O.C5H8O.C5H12.C4H11N.C4H8O.3C3H8O.3C3H6O.C3H8.C2H6O2S/c1-7(11)10-6-8-2-4-9-5-3-8;1-5(8)7-12(9,10)6-3-2-4-11-6;2*1-3-4-5(2)6;1-5(2,3)4;1-4-5(2)3;1-3-4(2)5;1-3-4-2;5*1-3(2)4;1-3-2;1-5(2,3)4/h2-5H,6H2,1H3,(H,10,11);2-4H,1H3,(H,7,8);3-4H2,1-2H3;3-4H,1-2H3;1-4H3;4H2,1-3H3;3H2,1-2H3;3H2,1-2H3;2*3-4H,1-2H3;3*1-2H3;3H2,1-2H3;1-2H3/b;;;4-3+;;;;;;;;;;;. The molecular formula is C60H122N4O15S3. The van der Waals surface area contributed by atoms with Gasteiger partial charge in [0, 0.05) is 84.1 Å². The number of sulfonamides is 1. The van der Waals surface area contributed by atoms with Crippen LogP contribution in [-0.2, 0) is 69.5 Å². The van der Waals surface area contributed by atoms with Crippen molar-refractivity contribution in [3.8, 4) is 0 Å². The number of carbonyl (C=O) groups is 8. The predicted molar refractivity (Wildman–Crippen MR) is 347 cm³/mol. The molecule has 0 aliphatic carbocycles. The molecule has 19 nitrogen and oxygen atoms in total. The van der Waals surface area contributed by atoms with Gasteiger partial charge in [-0.05, 0) is 172 Å². The Kier molecular flexibility index (Phi) is 107. The van der Waals surface area contributed by atoms with E-state index >= 15 is 0 Å². The summed E-state index contributed by atoms with van der Waals surface area (Å²) in [7, 11) is -0.472. The van der Waals surface area contributed by atoms with Gasteiger partial charge in [-0.2, -0.15) is 0 Å². The van der Waals surface area contributed by atoms with Crippen LogP contribution in [0.5, 0.6) is 0 Å². The minimum Gasteiger partial charge on any atom is -0.394 e. The van der Waals surface area contributed by atoms with E-state index < -0.39 is 25.8 Å². The number of sulfone groups is 1. The van der Waals surface area contributed by atoms with E-state index in [0.717, 1.165) is 62.3 Å². The molecule has 0 radical (unpaired) electrons. The first kappa shape index (κ1) is 109. The summed E-state index contributed by atoms with van der Waals surface area (Å²) in [6.07, 6.45) is 12.3. The number of carbonyl (C=O) groups excluding carboxylic acids is 8. The zero-order valence-corrected chi connectivity index (χ0v) is 59.6. The van der Waals surface area contributed by atoms with E-state index in [1.807, 2.05) is 44.5 Å². The first-order valence-corrected chi connectivity index (χ1v) is 31.4. The average Bonchev–Trinajstić information content (AvgIpc) is 3.82. The van der Waals surface area contributed by atoms with Crippen molar-refractivity contribution in [2.75, 3.05) is 46.9 Å². The molecule has 0 fully saturated rings. The van der Waals surface area contributed by atoms with Crippen molar-refractivity contribution in [2.24, 2.45) is 5.41 Å². The molecule has 2 amide bonds. The summed E-state index contributed by atoms with van der Waals surface area (Å²) in [5, 5.41) is 20.4. The van der Waals surface area contributed by atoms with Gasteiger partial charge in [-0.1, -0.05) is 80.9 Å². The lowest BCUT2D eigenvalue weighted by Gasteiger charge is -2.05. The number of thiophene rings is 1. The molecular weight excluding hydrogens is 1110 g/mol. The Labute approximate surface area is 506 Å². The smallest absolute Gasteiger partial charge is 0.273 e. The summed E-state index contributed by atoms with van der Waals surface area (Å²) in [6.45, 7) is 48.7. The number of pyridine rings is 1. The van der Waals surface area contributed by atoms with Crippen LogP contribution in [0.4, 0.5) is 0 Å². The minimum atomic E-state index is -3.60. The van der Waals surface area contributed by atoms with Gasteiger partial charge in [-0.15, -0.1) is 11.3 Å². The number of ether oxygens (including phenoxy) is 1. The Morgan fingerprint density at radius 2 is 0.976 bits per heavy atom. The van der Waals surface area contributed by atoms with E-state index in [9.17, 15) is 55.2 Å². The van der Waals surface area contributed by atoms with Crippen molar-refractivity contribution in [1.82, 2.24) is 19.9 Å². The van der Waals surface area contributed by atoms with Gasteiger partial charge in [0.25, 0.3) is 10.0 Å². The van der Waals surface area contributed by atoms with Crippen LogP contribution in [0.1, 0.15) is 211 Å². The topological polar surface area (TPSA) is 295 Å². The summed E-state index contributed by atoms with van der Waals surface area (Å²) in [5.74, 6) is 0.560. The van der Waals surface area contributed by atoms with Crippen LogP contribution >= 0.6 is 11.3 Å². The molecule has 0 aliphatic rings. The monoisotopic (exact) mass is 1230 g/mol. The van der Waals surface area contributed by atoms with E-state index in [0.29, 0.717) is 18.4 Å². The molecule has 0 spiro atoms. The second-order valence-electron chi connectivity index (χ2n) is 19.7. The molecule has 82 heavy (non-hydrogen) atoms. The number of aromatic nitrogens is 1. The van der Waals surface area contributed by atoms with E-state index in [2.05, 4.69) is 82.5 Å². The SMILES string of the molecule is C/C=C/C(C)=O.CC(=O)NCc1ccncc1.CC(=O)NS(=O)(=O)c1cccs1.CC(C)(C)C.CC(C)=O.CC(C)=O.CC(C)=O.CC(C)O.CC(C)O.CCC.CCC(C)=O.CCCC(C)=O.CCN(C)C.CCOC.CS(C)(=O)=O. The van der Waals surface area contributed by atoms with Crippen molar-refractivity contribution in [1.29, 1.82) is 0 Å². The maximum atomic E-state index is 11.2. The number of methoxy groups -OCH3 is 1. The Morgan fingerprint density at radius 1 is 0.683 bits per heavy atom. The number of allylic oxidation sites excluding steroid dienone is 2. The molecule has 0 aliphatic heterocycles. The summed E-state index contributed by atoms with van der Waals surface area (Å²) >= 11 is 1.07. The molecule has 0 unspecified atom stereocenters. The van der Waals surface area contributed by atoms with Crippen molar-refractivity contribution in [2.45, 2.75) is 229 Å². The van der Waals surface area contributed by atoms with E-state index in [-0.39, 0.29) is 57.0 Å².